The monoisotopic (exact) mass is 306 g/mol. The van der Waals surface area contributed by atoms with Crippen LogP contribution in [-0.4, -0.2) is 15.0 Å². The van der Waals surface area contributed by atoms with Crippen molar-refractivity contribution in [1.29, 1.82) is 0 Å². The van der Waals surface area contributed by atoms with Crippen LogP contribution in [0.3, 0.4) is 0 Å². The molecule has 3 aromatic heterocycles. The Bertz CT molecular complexity index is 970. The number of benzene rings is 1. The van der Waals surface area contributed by atoms with Crippen LogP contribution in [-0.2, 0) is 0 Å². The summed E-state index contributed by atoms with van der Waals surface area (Å²) in [7, 11) is 0. The van der Waals surface area contributed by atoms with Gasteiger partial charge in [0.05, 0.1) is 10.2 Å². The van der Waals surface area contributed by atoms with E-state index in [0.29, 0.717) is 0 Å². The summed E-state index contributed by atoms with van der Waals surface area (Å²) < 4.78 is 1.04. The number of aromatic nitrogens is 3. The standard InChI is InChI=1S/C17H14N4S/c1-10-6-11(2)8-12(7-10)21-16-15-14(19-9-20-16)13-4-3-5-18-17(13)22-15/h3-9H,1-2H3,(H,19,20,21). The minimum Gasteiger partial charge on any atom is -0.339 e. The van der Waals surface area contributed by atoms with E-state index in [1.807, 2.05) is 12.3 Å². The Kier molecular flexibility index (Phi) is 3.01. The van der Waals surface area contributed by atoms with Gasteiger partial charge in [0.1, 0.15) is 11.2 Å². The summed E-state index contributed by atoms with van der Waals surface area (Å²) in [5, 5.41) is 4.50. The average Bonchev–Trinajstić information content (AvgIpc) is 2.86. The van der Waals surface area contributed by atoms with Crippen molar-refractivity contribution in [3.05, 3.63) is 54.0 Å². The molecule has 0 aliphatic rings. The summed E-state index contributed by atoms with van der Waals surface area (Å²) in [4.78, 5) is 14.2. The third kappa shape index (κ3) is 2.19. The highest BCUT2D eigenvalue weighted by Crippen LogP contribution is 2.35. The first-order valence-electron chi connectivity index (χ1n) is 7.04. The summed E-state index contributed by atoms with van der Waals surface area (Å²) in [5.41, 5.74) is 4.45. The zero-order chi connectivity index (χ0) is 15.1. The molecule has 0 radical (unpaired) electrons. The van der Waals surface area contributed by atoms with Crippen LogP contribution in [0.2, 0.25) is 0 Å². The lowest BCUT2D eigenvalue weighted by Crippen LogP contribution is -1.95. The number of nitrogens with zero attached hydrogens (tertiary/aromatic N) is 3. The molecular weight excluding hydrogens is 292 g/mol. The number of aryl methyl sites for hydroxylation is 2. The summed E-state index contributed by atoms with van der Waals surface area (Å²) in [5.74, 6) is 0.831. The normalized spacial score (nSPS) is 11.2. The van der Waals surface area contributed by atoms with Gasteiger partial charge < -0.3 is 5.32 Å². The van der Waals surface area contributed by atoms with Gasteiger partial charge in [-0.25, -0.2) is 15.0 Å². The summed E-state index contributed by atoms with van der Waals surface area (Å²) in [6.07, 6.45) is 3.41. The molecule has 0 spiro atoms. The van der Waals surface area contributed by atoms with Crippen LogP contribution < -0.4 is 5.32 Å². The van der Waals surface area contributed by atoms with Crippen molar-refractivity contribution in [3.8, 4) is 0 Å². The highest BCUT2D eigenvalue weighted by atomic mass is 32.1. The number of pyridine rings is 1. The van der Waals surface area contributed by atoms with Crippen molar-refractivity contribution >= 4 is 43.3 Å². The maximum Gasteiger partial charge on any atom is 0.151 e. The van der Waals surface area contributed by atoms with Crippen LogP contribution in [0, 0.1) is 13.8 Å². The fourth-order valence-electron chi connectivity index (χ4n) is 2.68. The second kappa shape index (κ2) is 5.03. The van der Waals surface area contributed by atoms with Crippen LogP contribution in [0.25, 0.3) is 20.4 Å². The van der Waals surface area contributed by atoms with E-state index in [0.717, 1.165) is 31.9 Å². The Balaban J connectivity index is 1.88. The molecule has 5 heteroatoms. The van der Waals surface area contributed by atoms with Crippen molar-refractivity contribution in [1.82, 2.24) is 15.0 Å². The highest BCUT2D eigenvalue weighted by Gasteiger charge is 2.12. The van der Waals surface area contributed by atoms with Gasteiger partial charge in [-0.05, 0) is 49.2 Å². The lowest BCUT2D eigenvalue weighted by atomic mass is 10.1. The van der Waals surface area contributed by atoms with Crippen LogP contribution in [0.4, 0.5) is 11.5 Å². The zero-order valence-electron chi connectivity index (χ0n) is 12.3. The molecular formula is C17H14N4S. The molecule has 4 aromatic rings. The maximum atomic E-state index is 4.43. The Morgan fingerprint density at radius 2 is 1.82 bits per heavy atom. The molecule has 1 aromatic carbocycles. The van der Waals surface area contributed by atoms with E-state index in [9.17, 15) is 0 Å². The van der Waals surface area contributed by atoms with Crippen LogP contribution in [0.1, 0.15) is 11.1 Å². The van der Waals surface area contributed by atoms with E-state index in [1.54, 1.807) is 17.7 Å². The number of hydrogen-bond donors (Lipinski definition) is 1. The SMILES string of the molecule is Cc1cc(C)cc(Nc2ncnc3c2sc2ncccc23)c1. The summed E-state index contributed by atoms with van der Waals surface area (Å²) >= 11 is 1.62. The van der Waals surface area contributed by atoms with E-state index in [-0.39, 0.29) is 0 Å². The molecule has 0 saturated carbocycles. The average molecular weight is 306 g/mol. The van der Waals surface area contributed by atoms with Crippen molar-refractivity contribution in [3.63, 3.8) is 0 Å². The third-order valence-corrected chi connectivity index (χ3v) is 4.62. The first-order valence-corrected chi connectivity index (χ1v) is 7.86. The Hall–Kier alpha value is -2.53. The van der Waals surface area contributed by atoms with Crippen molar-refractivity contribution in [2.45, 2.75) is 13.8 Å². The number of rotatable bonds is 2. The molecule has 3 heterocycles. The molecule has 4 rings (SSSR count). The lowest BCUT2D eigenvalue weighted by molar-refractivity contribution is 1.23. The molecule has 0 unspecified atom stereocenters. The van der Waals surface area contributed by atoms with Gasteiger partial charge in [-0.2, -0.15) is 0 Å². The Morgan fingerprint density at radius 3 is 2.64 bits per heavy atom. The Labute approximate surface area is 131 Å². The number of thiophene rings is 1. The van der Waals surface area contributed by atoms with E-state index >= 15 is 0 Å². The maximum absolute atomic E-state index is 4.43. The van der Waals surface area contributed by atoms with E-state index in [1.165, 1.54) is 11.1 Å². The van der Waals surface area contributed by atoms with E-state index in [4.69, 9.17) is 0 Å². The van der Waals surface area contributed by atoms with Gasteiger partial charge in [-0.1, -0.05) is 6.07 Å². The van der Waals surface area contributed by atoms with Crippen LogP contribution in [0.15, 0.2) is 42.9 Å². The molecule has 0 amide bonds. The molecule has 22 heavy (non-hydrogen) atoms. The number of nitrogens with one attached hydrogen (secondary N) is 1. The van der Waals surface area contributed by atoms with Gasteiger partial charge in [0.25, 0.3) is 0 Å². The van der Waals surface area contributed by atoms with Crippen molar-refractivity contribution < 1.29 is 0 Å². The second-order valence-corrected chi connectivity index (χ2v) is 6.36. The summed E-state index contributed by atoms with van der Waals surface area (Å²) in [6, 6.07) is 10.4. The third-order valence-electron chi connectivity index (χ3n) is 3.51. The first kappa shape index (κ1) is 13.2. The van der Waals surface area contributed by atoms with Gasteiger partial charge in [0.15, 0.2) is 5.82 Å². The Morgan fingerprint density at radius 1 is 1.00 bits per heavy atom. The van der Waals surface area contributed by atoms with Crippen molar-refractivity contribution in [2.75, 3.05) is 5.32 Å². The molecule has 0 aliphatic heterocycles. The molecule has 0 aliphatic carbocycles. The van der Waals surface area contributed by atoms with Gasteiger partial charge in [-0.15, -0.1) is 11.3 Å². The van der Waals surface area contributed by atoms with Crippen LogP contribution >= 0.6 is 11.3 Å². The fraction of sp³-hybridized carbons (Fsp3) is 0.118. The van der Waals surface area contributed by atoms with Gasteiger partial charge in [0, 0.05) is 17.3 Å². The van der Waals surface area contributed by atoms with Gasteiger partial charge >= 0.3 is 0 Å². The topological polar surface area (TPSA) is 50.7 Å². The predicted octanol–water partition coefficient (Wildman–Crippen LogP) is 4.60. The first-order chi connectivity index (χ1) is 10.7. The smallest absolute Gasteiger partial charge is 0.151 e. The zero-order valence-corrected chi connectivity index (χ0v) is 13.1. The largest absolute Gasteiger partial charge is 0.339 e. The second-order valence-electron chi connectivity index (χ2n) is 5.36. The number of anilines is 2. The van der Waals surface area contributed by atoms with Crippen molar-refractivity contribution in [2.24, 2.45) is 0 Å². The van der Waals surface area contributed by atoms with Gasteiger partial charge in [-0.3, -0.25) is 0 Å². The molecule has 4 nitrogen and oxygen atoms in total. The number of hydrogen-bond acceptors (Lipinski definition) is 5. The molecule has 0 bridgehead atoms. The minimum absolute atomic E-state index is 0.831. The van der Waals surface area contributed by atoms with Crippen LogP contribution in [0.5, 0.6) is 0 Å². The minimum atomic E-state index is 0.831. The quantitative estimate of drug-likeness (QED) is 0.588. The van der Waals surface area contributed by atoms with Gasteiger partial charge in [0.2, 0.25) is 0 Å². The molecule has 1 N–H and O–H groups in total. The van der Waals surface area contributed by atoms with E-state index in [2.05, 4.69) is 58.4 Å². The highest BCUT2D eigenvalue weighted by molar-refractivity contribution is 7.25. The molecule has 0 fully saturated rings. The fourth-order valence-corrected chi connectivity index (χ4v) is 3.73. The molecule has 0 saturated heterocycles. The predicted molar refractivity (Wildman–Crippen MR) is 91.9 cm³/mol. The number of fused-ring (bicyclic) bond motifs is 3. The summed E-state index contributed by atoms with van der Waals surface area (Å²) in [6.45, 7) is 4.19. The molecule has 0 atom stereocenters. The molecule has 108 valence electrons. The lowest BCUT2D eigenvalue weighted by Gasteiger charge is -2.08. The van der Waals surface area contributed by atoms with E-state index < -0.39 is 0 Å².